The monoisotopic (exact) mass is 306 g/mol. The van der Waals surface area contributed by atoms with Crippen LogP contribution in [-0.4, -0.2) is 25.2 Å². The van der Waals surface area contributed by atoms with Crippen LogP contribution in [-0.2, 0) is 19.1 Å². The highest BCUT2D eigenvalue weighted by Gasteiger charge is 2.46. The number of rotatable bonds is 6. The Kier molecular flexibility index (Phi) is 6.22. The summed E-state index contributed by atoms with van der Waals surface area (Å²) in [5, 5.41) is 0. The van der Waals surface area contributed by atoms with Crippen molar-refractivity contribution in [3.63, 3.8) is 0 Å². The van der Waals surface area contributed by atoms with E-state index in [1.54, 1.807) is 12.2 Å². The van der Waals surface area contributed by atoms with E-state index in [9.17, 15) is 9.59 Å². The molecule has 2 aliphatic carbocycles. The summed E-state index contributed by atoms with van der Waals surface area (Å²) in [6, 6.07) is 0. The maximum Gasteiger partial charge on any atom is 0.309 e. The summed E-state index contributed by atoms with van der Waals surface area (Å²) in [6.45, 7) is 7.68. The molecule has 4 unspecified atom stereocenters. The average Bonchev–Trinajstić information content (AvgIpc) is 2.56. The molecule has 0 aromatic heterocycles. The fraction of sp³-hybridized carbons (Fsp3) is 0.667. The molecule has 4 heteroatoms. The second-order valence-electron chi connectivity index (χ2n) is 6.24. The van der Waals surface area contributed by atoms with Crippen molar-refractivity contribution in [2.24, 2.45) is 23.7 Å². The van der Waals surface area contributed by atoms with Gasteiger partial charge in [-0.3, -0.25) is 9.59 Å². The standard InChI is InChI=1S/C18H26O4/c1-3-11-21-17(19)15-9-5-8-14-13(15)7-6-10-16(14)18(20)22-12-4-2/h3-4,13-16H,1-2,5-12H2. The third-order valence-corrected chi connectivity index (χ3v) is 4.98. The van der Waals surface area contributed by atoms with E-state index in [1.807, 2.05) is 0 Å². The first-order chi connectivity index (χ1) is 10.7. The Bertz CT molecular complexity index is 389. The number of hydrogen-bond acceptors (Lipinski definition) is 4. The molecule has 2 saturated carbocycles. The summed E-state index contributed by atoms with van der Waals surface area (Å²) in [5.74, 6) is 0.0917. The van der Waals surface area contributed by atoms with Crippen LogP contribution >= 0.6 is 0 Å². The van der Waals surface area contributed by atoms with E-state index in [2.05, 4.69) is 13.2 Å². The molecule has 0 saturated heterocycles. The molecule has 4 atom stereocenters. The predicted molar refractivity (Wildman–Crippen MR) is 84.0 cm³/mol. The lowest BCUT2D eigenvalue weighted by atomic mass is 9.61. The molecule has 122 valence electrons. The quantitative estimate of drug-likeness (QED) is 0.558. The number of hydrogen-bond donors (Lipinski definition) is 0. The highest BCUT2D eigenvalue weighted by molar-refractivity contribution is 5.75. The molecule has 2 rings (SSSR count). The lowest BCUT2D eigenvalue weighted by Gasteiger charge is -2.43. The zero-order chi connectivity index (χ0) is 15.9. The Labute approximate surface area is 132 Å². The second-order valence-corrected chi connectivity index (χ2v) is 6.24. The first-order valence-corrected chi connectivity index (χ1v) is 8.24. The molecule has 2 aliphatic rings. The average molecular weight is 306 g/mol. The highest BCUT2D eigenvalue weighted by atomic mass is 16.5. The molecular weight excluding hydrogens is 280 g/mol. The number of esters is 2. The largest absolute Gasteiger partial charge is 0.461 e. The molecule has 0 aromatic carbocycles. The molecule has 0 amide bonds. The van der Waals surface area contributed by atoms with Gasteiger partial charge in [-0.05, 0) is 37.5 Å². The Morgan fingerprint density at radius 2 is 1.23 bits per heavy atom. The van der Waals surface area contributed by atoms with Crippen molar-refractivity contribution in [1.82, 2.24) is 0 Å². The molecular formula is C18H26O4. The Balaban J connectivity index is 2.04. The Hall–Kier alpha value is -1.58. The third kappa shape index (κ3) is 3.79. The van der Waals surface area contributed by atoms with Gasteiger partial charge in [-0.1, -0.05) is 38.2 Å². The van der Waals surface area contributed by atoms with Gasteiger partial charge in [0.25, 0.3) is 0 Å². The van der Waals surface area contributed by atoms with Gasteiger partial charge in [0, 0.05) is 0 Å². The minimum absolute atomic E-state index is 0.0753. The molecule has 0 N–H and O–H groups in total. The van der Waals surface area contributed by atoms with Crippen molar-refractivity contribution in [1.29, 1.82) is 0 Å². The van der Waals surface area contributed by atoms with Gasteiger partial charge < -0.3 is 9.47 Å². The number of fused-ring (bicyclic) bond motifs is 1. The van der Waals surface area contributed by atoms with Crippen LogP contribution in [0.2, 0.25) is 0 Å². The van der Waals surface area contributed by atoms with E-state index in [0.29, 0.717) is 0 Å². The zero-order valence-corrected chi connectivity index (χ0v) is 13.2. The Morgan fingerprint density at radius 1 is 0.818 bits per heavy atom. The van der Waals surface area contributed by atoms with Gasteiger partial charge in [-0.15, -0.1) is 0 Å². The van der Waals surface area contributed by atoms with Crippen LogP contribution in [0.5, 0.6) is 0 Å². The molecule has 22 heavy (non-hydrogen) atoms. The number of carbonyl (C=O) groups is 2. The maximum atomic E-state index is 12.3. The molecule has 0 radical (unpaired) electrons. The van der Waals surface area contributed by atoms with Gasteiger partial charge in [-0.2, -0.15) is 0 Å². The summed E-state index contributed by atoms with van der Waals surface area (Å²) in [6.07, 6.45) is 8.87. The molecule has 0 heterocycles. The molecule has 0 spiro atoms. The van der Waals surface area contributed by atoms with Gasteiger partial charge in [-0.25, -0.2) is 0 Å². The van der Waals surface area contributed by atoms with E-state index in [4.69, 9.17) is 9.47 Å². The first-order valence-electron chi connectivity index (χ1n) is 8.24. The van der Waals surface area contributed by atoms with Crippen LogP contribution < -0.4 is 0 Å². The molecule has 0 aliphatic heterocycles. The minimum atomic E-state index is -0.130. The number of carbonyl (C=O) groups excluding carboxylic acids is 2. The van der Waals surface area contributed by atoms with E-state index in [0.717, 1.165) is 38.5 Å². The summed E-state index contributed by atoms with van der Waals surface area (Å²) < 4.78 is 10.5. The van der Waals surface area contributed by atoms with Crippen molar-refractivity contribution in [2.75, 3.05) is 13.2 Å². The summed E-state index contributed by atoms with van der Waals surface area (Å²) in [5.41, 5.74) is 0. The fourth-order valence-electron chi connectivity index (χ4n) is 4.08. The summed E-state index contributed by atoms with van der Waals surface area (Å²) in [4.78, 5) is 24.5. The van der Waals surface area contributed by atoms with Crippen molar-refractivity contribution < 1.29 is 19.1 Å². The van der Waals surface area contributed by atoms with Crippen LogP contribution in [0, 0.1) is 23.7 Å². The molecule has 0 bridgehead atoms. The van der Waals surface area contributed by atoms with E-state index >= 15 is 0 Å². The van der Waals surface area contributed by atoms with Crippen molar-refractivity contribution in [3.05, 3.63) is 25.3 Å². The second kappa shape index (κ2) is 8.16. The number of ether oxygens (including phenoxy) is 2. The predicted octanol–water partition coefficient (Wildman–Crippen LogP) is 3.28. The van der Waals surface area contributed by atoms with Gasteiger partial charge in [0.15, 0.2) is 0 Å². The van der Waals surface area contributed by atoms with E-state index in [1.165, 1.54) is 0 Å². The van der Waals surface area contributed by atoms with Crippen LogP contribution in [0.25, 0.3) is 0 Å². The van der Waals surface area contributed by atoms with Crippen LogP contribution in [0.1, 0.15) is 38.5 Å². The molecule has 4 nitrogen and oxygen atoms in total. The minimum Gasteiger partial charge on any atom is -0.461 e. The highest BCUT2D eigenvalue weighted by Crippen LogP contribution is 2.47. The lowest BCUT2D eigenvalue weighted by molar-refractivity contribution is -0.160. The van der Waals surface area contributed by atoms with Crippen molar-refractivity contribution in [2.45, 2.75) is 38.5 Å². The van der Waals surface area contributed by atoms with Gasteiger partial charge >= 0.3 is 11.9 Å². The molecule has 2 fully saturated rings. The van der Waals surface area contributed by atoms with E-state index in [-0.39, 0.29) is 48.8 Å². The topological polar surface area (TPSA) is 52.6 Å². The van der Waals surface area contributed by atoms with Crippen LogP contribution in [0.15, 0.2) is 25.3 Å². The Morgan fingerprint density at radius 3 is 1.59 bits per heavy atom. The van der Waals surface area contributed by atoms with Crippen LogP contribution in [0.3, 0.4) is 0 Å². The fourth-order valence-corrected chi connectivity index (χ4v) is 4.08. The van der Waals surface area contributed by atoms with Crippen molar-refractivity contribution >= 4 is 11.9 Å². The lowest BCUT2D eigenvalue weighted by Crippen LogP contribution is -2.43. The maximum absolute atomic E-state index is 12.3. The summed E-state index contributed by atoms with van der Waals surface area (Å²) in [7, 11) is 0. The van der Waals surface area contributed by atoms with Crippen LogP contribution in [0.4, 0.5) is 0 Å². The van der Waals surface area contributed by atoms with Crippen molar-refractivity contribution in [3.8, 4) is 0 Å². The third-order valence-electron chi connectivity index (χ3n) is 4.98. The molecule has 0 aromatic rings. The van der Waals surface area contributed by atoms with Gasteiger partial charge in [0.2, 0.25) is 0 Å². The SMILES string of the molecule is C=CCOC(=O)C1CCCC2C(C(=O)OCC=C)CCCC12. The summed E-state index contributed by atoms with van der Waals surface area (Å²) >= 11 is 0. The van der Waals surface area contributed by atoms with Gasteiger partial charge in [0.05, 0.1) is 11.8 Å². The zero-order valence-electron chi connectivity index (χ0n) is 13.2. The smallest absolute Gasteiger partial charge is 0.309 e. The van der Waals surface area contributed by atoms with Gasteiger partial charge in [0.1, 0.15) is 13.2 Å². The first kappa shape index (κ1) is 16.8. The normalized spacial score (nSPS) is 30.7. The van der Waals surface area contributed by atoms with E-state index < -0.39 is 0 Å².